The quantitative estimate of drug-likeness (QED) is 0.596. The predicted molar refractivity (Wildman–Crippen MR) is 88.1 cm³/mol. The average molecular weight is 369 g/mol. The van der Waals surface area contributed by atoms with Crippen molar-refractivity contribution in [3.05, 3.63) is 58.1 Å². The molecule has 0 atom stereocenters. The Bertz CT molecular complexity index is 807. The minimum atomic E-state index is -4.77. The van der Waals surface area contributed by atoms with Crippen LogP contribution in [0.2, 0.25) is 0 Å². The highest BCUT2D eigenvalue weighted by molar-refractivity contribution is 5.94. The molecular formula is C16H14F3N3O4. The van der Waals surface area contributed by atoms with Gasteiger partial charge in [0.15, 0.2) is 0 Å². The third-order valence-electron chi connectivity index (χ3n) is 3.32. The number of carbonyl (C=O) groups excluding carboxylic acids is 1. The van der Waals surface area contributed by atoms with E-state index in [0.29, 0.717) is 16.9 Å². The van der Waals surface area contributed by atoms with E-state index in [2.05, 4.69) is 15.4 Å². The molecule has 2 aromatic rings. The largest absolute Gasteiger partial charge is 0.573 e. The van der Waals surface area contributed by atoms with Crippen molar-refractivity contribution in [2.45, 2.75) is 13.3 Å². The Morgan fingerprint density at radius 1 is 1.19 bits per heavy atom. The second-order valence-corrected chi connectivity index (χ2v) is 5.18. The number of nitrogens with one attached hydrogen (secondary N) is 2. The van der Waals surface area contributed by atoms with E-state index in [1.165, 1.54) is 37.3 Å². The van der Waals surface area contributed by atoms with Gasteiger partial charge in [0.2, 0.25) is 5.91 Å². The van der Waals surface area contributed by atoms with Crippen LogP contribution in [0.1, 0.15) is 5.56 Å². The maximum Gasteiger partial charge on any atom is 0.573 e. The van der Waals surface area contributed by atoms with Crippen LogP contribution in [0.5, 0.6) is 5.75 Å². The van der Waals surface area contributed by atoms with Gasteiger partial charge >= 0.3 is 6.36 Å². The number of anilines is 2. The van der Waals surface area contributed by atoms with Gasteiger partial charge in [-0.2, -0.15) is 0 Å². The summed E-state index contributed by atoms with van der Waals surface area (Å²) in [5.74, 6) is -0.844. The maximum absolute atomic E-state index is 12.1. The van der Waals surface area contributed by atoms with Gasteiger partial charge in [0.25, 0.3) is 5.69 Å². The summed E-state index contributed by atoms with van der Waals surface area (Å²) in [7, 11) is 0. The van der Waals surface area contributed by atoms with Crippen molar-refractivity contribution in [2.75, 3.05) is 17.2 Å². The molecule has 0 saturated heterocycles. The molecule has 138 valence electrons. The molecule has 0 radical (unpaired) electrons. The van der Waals surface area contributed by atoms with Gasteiger partial charge in [-0.05, 0) is 37.3 Å². The number of amides is 1. The standard InChI is InChI=1S/C16H14F3N3O4/c1-10-13(3-2-4-14(10)22(24)25)21-15(23)9-20-11-5-7-12(8-6-11)26-16(17,18)19/h2-8,20H,9H2,1H3,(H,21,23). The maximum atomic E-state index is 12.1. The minimum absolute atomic E-state index is 0.115. The molecule has 2 N–H and O–H groups in total. The van der Waals surface area contributed by atoms with Crippen molar-refractivity contribution < 1.29 is 27.6 Å². The summed E-state index contributed by atoms with van der Waals surface area (Å²) < 4.78 is 40.0. The second kappa shape index (κ2) is 7.72. The molecule has 0 heterocycles. The summed E-state index contributed by atoms with van der Waals surface area (Å²) in [6, 6.07) is 9.18. The molecule has 0 saturated carbocycles. The Balaban J connectivity index is 1.93. The fourth-order valence-electron chi connectivity index (χ4n) is 2.11. The number of rotatable bonds is 6. The van der Waals surface area contributed by atoms with E-state index >= 15 is 0 Å². The molecule has 0 fully saturated rings. The lowest BCUT2D eigenvalue weighted by Gasteiger charge is -2.11. The number of ether oxygens (including phenoxy) is 1. The van der Waals surface area contributed by atoms with Gasteiger partial charge in [0, 0.05) is 11.8 Å². The molecule has 0 unspecified atom stereocenters. The van der Waals surface area contributed by atoms with Gasteiger partial charge in [0.1, 0.15) is 5.75 Å². The second-order valence-electron chi connectivity index (χ2n) is 5.18. The Morgan fingerprint density at radius 2 is 1.85 bits per heavy atom. The Hall–Kier alpha value is -3.30. The molecule has 0 aromatic heterocycles. The molecule has 2 aromatic carbocycles. The summed E-state index contributed by atoms with van der Waals surface area (Å²) >= 11 is 0. The highest BCUT2D eigenvalue weighted by atomic mass is 19.4. The molecule has 2 rings (SSSR count). The lowest BCUT2D eigenvalue weighted by atomic mass is 10.1. The first kappa shape index (κ1) is 19.0. The zero-order chi connectivity index (χ0) is 19.3. The van der Waals surface area contributed by atoms with Crippen molar-refractivity contribution in [1.82, 2.24) is 0 Å². The van der Waals surface area contributed by atoms with Crippen LogP contribution in [0.15, 0.2) is 42.5 Å². The fraction of sp³-hybridized carbons (Fsp3) is 0.188. The van der Waals surface area contributed by atoms with Crippen LogP contribution in [0, 0.1) is 17.0 Å². The molecular weight excluding hydrogens is 355 g/mol. The van der Waals surface area contributed by atoms with E-state index < -0.39 is 17.2 Å². The van der Waals surface area contributed by atoms with Gasteiger partial charge in [-0.25, -0.2) is 0 Å². The number of nitro benzene ring substituents is 1. The number of hydrogen-bond donors (Lipinski definition) is 2. The van der Waals surface area contributed by atoms with Gasteiger partial charge in [0.05, 0.1) is 22.7 Å². The van der Waals surface area contributed by atoms with Crippen LogP contribution in [0.4, 0.5) is 30.2 Å². The van der Waals surface area contributed by atoms with E-state index in [0.717, 1.165) is 12.1 Å². The molecule has 0 aliphatic rings. The van der Waals surface area contributed by atoms with E-state index in [1.807, 2.05) is 0 Å². The van der Waals surface area contributed by atoms with Crippen LogP contribution in [0.25, 0.3) is 0 Å². The SMILES string of the molecule is Cc1c(NC(=O)CNc2ccc(OC(F)(F)F)cc2)cccc1[N+](=O)[O-]. The van der Waals surface area contributed by atoms with Crippen molar-refractivity contribution in [1.29, 1.82) is 0 Å². The Morgan fingerprint density at radius 3 is 2.42 bits per heavy atom. The summed E-state index contributed by atoms with van der Waals surface area (Å²) in [5.41, 5.74) is 0.917. The van der Waals surface area contributed by atoms with Crippen LogP contribution < -0.4 is 15.4 Å². The first-order valence-corrected chi connectivity index (χ1v) is 7.29. The topological polar surface area (TPSA) is 93.5 Å². The lowest BCUT2D eigenvalue weighted by Crippen LogP contribution is -2.22. The van der Waals surface area contributed by atoms with Gasteiger partial charge < -0.3 is 15.4 Å². The number of benzene rings is 2. The number of hydrogen-bond acceptors (Lipinski definition) is 5. The van der Waals surface area contributed by atoms with Crippen molar-refractivity contribution >= 4 is 23.0 Å². The van der Waals surface area contributed by atoms with Crippen LogP contribution in [-0.2, 0) is 4.79 Å². The number of carbonyl (C=O) groups is 1. The monoisotopic (exact) mass is 369 g/mol. The third kappa shape index (κ3) is 5.36. The smallest absolute Gasteiger partial charge is 0.406 e. The summed E-state index contributed by atoms with van der Waals surface area (Å²) in [6.07, 6.45) is -4.77. The van der Waals surface area contributed by atoms with Crippen molar-refractivity contribution in [2.24, 2.45) is 0 Å². The molecule has 7 nitrogen and oxygen atoms in total. The summed E-state index contributed by atoms with van der Waals surface area (Å²) in [5, 5.41) is 16.2. The molecule has 1 amide bonds. The van der Waals surface area contributed by atoms with Crippen molar-refractivity contribution in [3.8, 4) is 5.75 Å². The molecule has 10 heteroatoms. The van der Waals surface area contributed by atoms with Crippen LogP contribution in [0.3, 0.4) is 0 Å². The number of nitrogens with zero attached hydrogens (tertiary/aromatic N) is 1. The van der Waals surface area contributed by atoms with Crippen LogP contribution >= 0.6 is 0 Å². The zero-order valence-electron chi connectivity index (χ0n) is 13.5. The number of halogens is 3. The molecule has 0 spiro atoms. The van der Waals surface area contributed by atoms with Crippen LogP contribution in [-0.4, -0.2) is 23.7 Å². The van der Waals surface area contributed by atoms with E-state index in [9.17, 15) is 28.1 Å². The van der Waals surface area contributed by atoms with Gasteiger partial charge in [-0.3, -0.25) is 14.9 Å². The molecule has 0 aliphatic carbocycles. The van der Waals surface area contributed by atoms with Gasteiger partial charge in [-0.15, -0.1) is 13.2 Å². The molecule has 0 bridgehead atoms. The molecule has 26 heavy (non-hydrogen) atoms. The Labute approximate surface area is 145 Å². The van der Waals surface area contributed by atoms with E-state index in [4.69, 9.17) is 0 Å². The predicted octanol–water partition coefficient (Wildman–Crippen LogP) is 3.85. The zero-order valence-corrected chi connectivity index (χ0v) is 13.5. The van der Waals surface area contributed by atoms with E-state index in [-0.39, 0.29) is 18.0 Å². The average Bonchev–Trinajstić information content (AvgIpc) is 2.54. The first-order valence-electron chi connectivity index (χ1n) is 7.29. The number of nitro groups is 1. The van der Waals surface area contributed by atoms with E-state index in [1.54, 1.807) is 0 Å². The lowest BCUT2D eigenvalue weighted by molar-refractivity contribution is -0.385. The third-order valence-corrected chi connectivity index (χ3v) is 3.32. The summed E-state index contributed by atoms with van der Waals surface area (Å²) in [6.45, 7) is 1.34. The normalized spacial score (nSPS) is 10.9. The van der Waals surface area contributed by atoms with Crippen molar-refractivity contribution in [3.63, 3.8) is 0 Å². The number of alkyl halides is 3. The minimum Gasteiger partial charge on any atom is -0.406 e. The fourth-order valence-corrected chi connectivity index (χ4v) is 2.11. The Kier molecular flexibility index (Phi) is 5.65. The highest BCUT2D eigenvalue weighted by Crippen LogP contribution is 2.25. The molecule has 0 aliphatic heterocycles. The summed E-state index contributed by atoms with van der Waals surface area (Å²) in [4.78, 5) is 22.3. The first-order chi connectivity index (χ1) is 12.2. The van der Waals surface area contributed by atoms with Gasteiger partial charge in [-0.1, -0.05) is 6.07 Å². The highest BCUT2D eigenvalue weighted by Gasteiger charge is 2.30.